The van der Waals surface area contributed by atoms with Gasteiger partial charge in [-0.25, -0.2) is 0 Å². The van der Waals surface area contributed by atoms with Crippen LogP contribution in [0.15, 0.2) is 12.4 Å². The highest BCUT2D eigenvalue weighted by atomic mass is 16.2. The van der Waals surface area contributed by atoms with E-state index < -0.39 is 0 Å². The summed E-state index contributed by atoms with van der Waals surface area (Å²) in [5.41, 5.74) is 0.594. The second-order valence-corrected chi connectivity index (χ2v) is 4.48. The topological polar surface area (TPSA) is 55.2 Å². The average Bonchev–Trinajstić information content (AvgIpc) is 2.75. The van der Waals surface area contributed by atoms with Crippen LogP contribution < -0.4 is 0 Å². The average molecular weight is 235 g/mol. The largest absolute Gasteiger partial charge is 0.337 e. The molecule has 1 amide bonds. The number of ketones is 1. The Morgan fingerprint density at radius 3 is 2.94 bits per heavy atom. The van der Waals surface area contributed by atoms with E-state index in [2.05, 4.69) is 5.10 Å². The van der Waals surface area contributed by atoms with Crippen LogP contribution in [0.5, 0.6) is 0 Å². The molecule has 1 saturated heterocycles. The monoisotopic (exact) mass is 235 g/mol. The van der Waals surface area contributed by atoms with Gasteiger partial charge in [-0.05, 0) is 6.42 Å². The molecule has 0 spiro atoms. The van der Waals surface area contributed by atoms with E-state index in [1.165, 1.54) is 0 Å². The van der Waals surface area contributed by atoms with Gasteiger partial charge in [-0.1, -0.05) is 6.92 Å². The molecule has 0 saturated carbocycles. The molecule has 5 nitrogen and oxygen atoms in total. The summed E-state index contributed by atoms with van der Waals surface area (Å²) < 4.78 is 1.61. The molecule has 1 unspecified atom stereocenters. The fourth-order valence-electron chi connectivity index (χ4n) is 2.16. The fourth-order valence-corrected chi connectivity index (χ4v) is 2.16. The summed E-state index contributed by atoms with van der Waals surface area (Å²) in [6.07, 6.45) is 4.56. The normalized spacial score (nSPS) is 20.7. The minimum absolute atomic E-state index is 0.00405. The SMILES string of the molecule is CCC1CN(C(=O)c2cnn(C)c2)CCC1=O. The van der Waals surface area contributed by atoms with E-state index in [4.69, 9.17) is 0 Å². The maximum Gasteiger partial charge on any atom is 0.257 e. The van der Waals surface area contributed by atoms with Gasteiger partial charge in [0.15, 0.2) is 0 Å². The van der Waals surface area contributed by atoms with E-state index in [1.807, 2.05) is 6.92 Å². The van der Waals surface area contributed by atoms with Gasteiger partial charge in [-0.15, -0.1) is 0 Å². The number of hydrogen-bond acceptors (Lipinski definition) is 3. The third kappa shape index (κ3) is 2.38. The number of likely N-dealkylation sites (tertiary alicyclic amines) is 1. The molecule has 2 rings (SSSR count). The van der Waals surface area contributed by atoms with Crippen LogP contribution in [0.1, 0.15) is 30.1 Å². The number of nitrogens with zero attached hydrogens (tertiary/aromatic N) is 3. The molecule has 0 bridgehead atoms. The van der Waals surface area contributed by atoms with E-state index in [9.17, 15) is 9.59 Å². The van der Waals surface area contributed by atoms with Crippen LogP contribution in [-0.4, -0.2) is 39.5 Å². The molecule has 1 aliphatic heterocycles. The Morgan fingerprint density at radius 1 is 1.59 bits per heavy atom. The Kier molecular flexibility index (Phi) is 3.26. The molecule has 17 heavy (non-hydrogen) atoms. The quantitative estimate of drug-likeness (QED) is 0.764. The molecular formula is C12H17N3O2. The summed E-state index contributed by atoms with van der Waals surface area (Å²) >= 11 is 0. The minimum atomic E-state index is -0.0240. The second kappa shape index (κ2) is 4.69. The first kappa shape index (κ1) is 11.8. The zero-order valence-corrected chi connectivity index (χ0v) is 10.2. The van der Waals surface area contributed by atoms with Gasteiger partial charge >= 0.3 is 0 Å². The number of piperidine rings is 1. The number of Topliss-reactive ketones (excluding diaryl/α,β-unsaturated/α-hetero) is 1. The molecule has 2 heterocycles. The summed E-state index contributed by atoms with van der Waals surface area (Å²) in [7, 11) is 1.78. The molecule has 5 heteroatoms. The number of amides is 1. The maximum absolute atomic E-state index is 12.1. The van der Waals surface area contributed by atoms with Crippen LogP contribution in [0, 0.1) is 5.92 Å². The molecule has 0 radical (unpaired) electrons. The van der Waals surface area contributed by atoms with Crippen molar-refractivity contribution in [3.63, 3.8) is 0 Å². The first-order valence-electron chi connectivity index (χ1n) is 5.92. The lowest BCUT2D eigenvalue weighted by molar-refractivity contribution is -0.125. The smallest absolute Gasteiger partial charge is 0.257 e. The van der Waals surface area contributed by atoms with Crippen molar-refractivity contribution < 1.29 is 9.59 Å². The molecule has 0 aromatic carbocycles. The Labute approximate surface area is 100 Å². The Morgan fingerprint density at radius 2 is 2.35 bits per heavy atom. The van der Waals surface area contributed by atoms with E-state index in [-0.39, 0.29) is 17.6 Å². The maximum atomic E-state index is 12.1. The summed E-state index contributed by atoms with van der Waals surface area (Å²) in [5.74, 6) is 0.260. The van der Waals surface area contributed by atoms with Gasteiger partial charge in [0.1, 0.15) is 5.78 Å². The number of carbonyl (C=O) groups excluding carboxylic acids is 2. The molecule has 0 N–H and O–H groups in total. The first-order chi connectivity index (χ1) is 8.11. The van der Waals surface area contributed by atoms with E-state index in [0.29, 0.717) is 25.1 Å². The minimum Gasteiger partial charge on any atom is -0.337 e. The lowest BCUT2D eigenvalue weighted by Gasteiger charge is -2.31. The van der Waals surface area contributed by atoms with Crippen molar-refractivity contribution in [3.8, 4) is 0 Å². The number of hydrogen-bond donors (Lipinski definition) is 0. The summed E-state index contributed by atoms with van der Waals surface area (Å²) in [6.45, 7) is 3.06. The van der Waals surface area contributed by atoms with E-state index >= 15 is 0 Å². The molecule has 1 aromatic heterocycles. The van der Waals surface area contributed by atoms with Crippen LogP contribution in [0.25, 0.3) is 0 Å². The van der Waals surface area contributed by atoms with Gasteiger partial charge in [-0.2, -0.15) is 5.10 Å². The van der Waals surface area contributed by atoms with Gasteiger partial charge in [0, 0.05) is 38.7 Å². The van der Waals surface area contributed by atoms with Gasteiger partial charge in [0.05, 0.1) is 11.8 Å². The number of aromatic nitrogens is 2. The van der Waals surface area contributed by atoms with Crippen molar-refractivity contribution in [1.82, 2.24) is 14.7 Å². The number of rotatable bonds is 2. The lowest BCUT2D eigenvalue weighted by atomic mass is 9.94. The summed E-state index contributed by atoms with van der Waals surface area (Å²) in [4.78, 5) is 25.5. The molecule has 1 atom stereocenters. The van der Waals surface area contributed by atoms with Crippen LogP contribution in [-0.2, 0) is 11.8 Å². The van der Waals surface area contributed by atoms with E-state index in [1.54, 1.807) is 29.0 Å². The molecule has 1 fully saturated rings. The highest BCUT2D eigenvalue weighted by molar-refractivity contribution is 5.95. The van der Waals surface area contributed by atoms with Crippen LogP contribution in [0.2, 0.25) is 0 Å². The van der Waals surface area contributed by atoms with Gasteiger partial charge in [0.2, 0.25) is 0 Å². The second-order valence-electron chi connectivity index (χ2n) is 4.48. The number of aryl methyl sites for hydroxylation is 1. The molecule has 0 aliphatic carbocycles. The third-order valence-corrected chi connectivity index (χ3v) is 3.26. The summed E-state index contributed by atoms with van der Waals surface area (Å²) in [6, 6.07) is 0. The van der Waals surface area contributed by atoms with Gasteiger partial charge in [-0.3, -0.25) is 14.3 Å². The number of carbonyl (C=O) groups is 2. The third-order valence-electron chi connectivity index (χ3n) is 3.26. The molecule has 1 aliphatic rings. The van der Waals surface area contributed by atoms with Crippen molar-refractivity contribution in [2.24, 2.45) is 13.0 Å². The van der Waals surface area contributed by atoms with Crippen molar-refractivity contribution in [2.45, 2.75) is 19.8 Å². The first-order valence-corrected chi connectivity index (χ1v) is 5.92. The van der Waals surface area contributed by atoms with E-state index in [0.717, 1.165) is 6.42 Å². The molecular weight excluding hydrogens is 218 g/mol. The van der Waals surface area contributed by atoms with Crippen molar-refractivity contribution >= 4 is 11.7 Å². The molecule has 1 aromatic rings. The van der Waals surface area contributed by atoms with Gasteiger partial charge < -0.3 is 4.90 Å². The predicted molar refractivity (Wildman–Crippen MR) is 62.5 cm³/mol. The summed E-state index contributed by atoms with van der Waals surface area (Å²) in [5, 5.41) is 3.99. The lowest BCUT2D eigenvalue weighted by Crippen LogP contribution is -2.43. The van der Waals surface area contributed by atoms with Crippen LogP contribution in [0.3, 0.4) is 0 Å². The van der Waals surface area contributed by atoms with Crippen molar-refractivity contribution in [2.75, 3.05) is 13.1 Å². The Balaban J connectivity index is 2.08. The van der Waals surface area contributed by atoms with Crippen molar-refractivity contribution in [3.05, 3.63) is 18.0 Å². The Hall–Kier alpha value is -1.65. The fraction of sp³-hybridized carbons (Fsp3) is 0.583. The van der Waals surface area contributed by atoms with Crippen LogP contribution in [0.4, 0.5) is 0 Å². The van der Waals surface area contributed by atoms with Crippen molar-refractivity contribution in [1.29, 1.82) is 0 Å². The van der Waals surface area contributed by atoms with Crippen LogP contribution >= 0.6 is 0 Å². The zero-order chi connectivity index (χ0) is 12.4. The van der Waals surface area contributed by atoms with Gasteiger partial charge in [0.25, 0.3) is 5.91 Å². The standard InChI is InChI=1S/C12H17N3O2/c1-3-9-8-15(5-4-11(9)16)12(17)10-6-13-14(2)7-10/h6-7,9H,3-5,8H2,1-2H3. The zero-order valence-electron chi connectivity index (χ0n) is 10.2. The highest BCUT2D eigenvalue weighted by Crippen LogP contribution is 2.18. The Bertz CT molecular complexity index is 439. The predicted octanol–water partition coefficient (Wildman–Crippen LogP) is 0.861. The highest BCUT2D eigenvalue weighted by Gasteiger charge is 2.29. The molecule has 92 valence electrons.